The zero-order valence-electron chi connectivity index (χ0n) is 30.9. The van der Waals surface area contributed by atoms with Crippen molar-refractivity contribution >= 4 is 33.5 Å². The minimum absolute atomic E-state index is 0.0293. The van der Waals surface area contributed by atoms with Crippen LogP contribution in [0.15, 0.2) is 132 Å². The fourth-order valence-electron chi connectivity index (χ4n) is 10.3. The van der Waals surface area contributed by atoms with Crippen molar-refractivity contribution in [2.45, 2.75) is 57.8 Å². The van der Waals surface area contributed by atoms with E-state index >= 15 is 0 Å². The quantitative estimate of drug-likeness (QED) is 0.175. The molecule has 3 aliphatic carbocycles. The summed E-state index contributed by atoms with van der Waals surface area (Å²) in [5.74, 6) is 0. The molecule has 1 aromatic heterocycles. The molecule has 0 saturated carbocycles. The van der Waals surface area contributed by atoms with Gasteiger partial charge in [-0.25, -0.2) is 0 Å². The lowest BCUT2D eigenvalue weighted by atomic mass is 9.79. The Morgan fingerprint density at radius 3 is 1.62 bits per heavy atom. The van der Waals surface area contributed by atoms with Gasteiger partial charge in [0, 0.05) is 37.6 Å². The summed E-state index contributed by atoms with van der Waals surface area (Å²) < 4.78 is 6.81. The van der Waals surface area contributed by atoms with Gasteiger partial charge in [0.1, 0.15) is 11.2 Å². The molecule has 0 saturated heterocycles. The number of hydrogen-bond donors (Lipinski definition) is 0. The predicted molar refractivity (Wildman–Crippen MR) is 222 cm³/mol. The standard InChI is InChI=1S/C51H39ClO/c1-49(2)39-13-9-7-11-32(39)33-19-15-28(23-40(33)49)29-16-20-34-35-21-17-30(25-42(35)50(3,4)41(34)24-29)38-27-44-46(36-22-18-31(52)26-43(36)51(44,5)6)47-37-12-8-10-14-45(37)53-48(38)47/h7-27H,1-6H3. The highest BCUT2D eigenvalue weighted by atomic mass is 35.5. The number of para-hydroxylation sites is 1. The average molecular weight is 703 g/mol. The molecule has 2 heteroatoms. The Kier molecular flexibility index (Phi) is 5.99. The smallest absolute Gasteiger partial charge is 0.143 e. The van der Waals surface area contributed by atoms with Gasteiger partial charge in [-0.1, -0.05) is 138 Å². The number of fused-ring (bicyclic) bond motifs is 13. The average Bonchev–Trinajstić information content (AvgIpc) is 3.80. The first-order chi connectivity index (χ1) is 25.4. The van der Waals surface area contributed by atoms with Crippen LogP contribution < -0.4 is 0 Å². The van der Waals surface area contributed by atoms with Gasteiger partial charge in [-0.15, -0.1) is 0 Å². The topological polar surface area (TPSA) is 13.1 Å². The van der Waals surface area contributed by atoms with E-state index in [-0.39, 0.29) is 16.2 Å². The molecule has 0 atom stereocenters. The Hall–Kier alpha value is -5.37. The molecular formula is C51H39ClO. The zero-order chi connectivity index (χ0) is 36.2. The zero-order valence-corrected chi connectivity index (χ0v) is 31.7. The fraction of sp³-hybridized carbons (Fsp3) is 0.176. The molecule has 11 rings (SSSR count). The molecule has 3 aliphatic rings. The van der Waals surface area contributed by atoms with E-state index in [0.29, 0.717) is 0 Å². The third-order valence-corrected chi connectivity index (χ3v) is 13.4. The summed E-state index contributed by atoms with van der Waals surface area (Å²) in [5, 5.41) is 3.11. The summed E-state index contributed by atoms with van der Waals surface area (Å²) in [7, 11) is 0. The third kappa shape index (κ3) is 3.99. The monoisotopic (exact) mass is 702 g/mol. The van der Waals surface area contributed by atoms with E-state index in [4.69, 9.17) is 16.0 Å². The molecule has 1 nitrogen and oxygen atoms in total. The second kappa shape index (κ2) is 10.2. The highest BCUT2D eigenvalue weighted by Gasteiger charge is 2.40. The molecule has 8 aromatic rings. The Morgan fingerprint density at radius 2 is 0.925 bits per heavy atom. The summed E-state index contributed by atoms with van der Waals surface area (Å²) in [6.07, 6.45) is 0. The minimum atomic E-state index is -0.213. The van der Waals surface area contributed by atoms with Crippen LogP contribution in [0.1, 0.15) is 74.9 Å². The molecule has 0 unspecified atom stereocenters. The van der Waals surface area contributed by atoms with Gasteiger partial charge in [-0.3, -0.25) is 0 Å². The van der Waals surface area contributed by atoms with Crippen molar-refractivity contribution in [3.8, 4) is 55.6 Å². The van der Waals surface area contributed by atoms with Crippen LogP contribution in [0.25, 0.3) is 77.6 Å². The lowest BCUT2D eigenvalue weighted by Gasteiger charge is -2.24. The Labute approximate surface area is 315 Å². The van der Waals surface area contributed by atoms with E-state index < -0.39 is 0 Å². The number of halogens is 1. The van der Waals surface area contributed by atoms with Crippen molar-refractivity contribution in [1.82, 2.24) is 0 Å². The molecule has 0 fully saturated rings. The first-order valence-electron chi connectivity index (χ1n) is 18.8. The van der Waals surface area contributed by atoms with Gasteiger partial charge in [-0.05, 0) is 126 Å². The lowest BCUT2D eigenvalue weighted by molar-refractivity contribution is 0.656. The number of rotatable bonds is 2. The van der Waals surface area contributed by atoms with Crippen LogP contribution in [-0.2, 0) is 16.2 Å². The highest BCUT2D eigenvalue weighted by molar-refractivity contribution is 6.31. The van der Waals surface area contributed by atoms with E-state index in [1.165, 1.54) is 88.8 Å². The van der Waals surface area contributed by atoms with E-state index in [0.717, 1.165) is 27.1 Å². The molecular weight excluding hydrogens is 664 g/mol. The predicted octanol–water partition coefficient (Wildman–Crippen LogP) is 14.5. The molecule has 7 aromatic carbocycles. The van der Waals surface area contributed by atoms with Crippen LogP contribution in [0.5, 0.6) is 0 Å². The van der Waals surface area contributed by atoms with Gasteiger partial charge < -0.3 is 4.42 Å². The SMILES string of the molecule is CC1(C)c2ccccc2-c2ccc(-c3ccc4c(c3)C(C)(C)c3cc(-c5cc6c(c7c5oc5ccccc57)-c5ccc(Cl)cc5C6(C)C)ccc3-4)cc21. The van der Waals surface area contributed by atoms with E-state index in [1.807, 2.05) is 6.07 Å². The second-order valence-electron chi connectivity index (χ2n) is 17.0. The highest BCUT2D eigenvalue weighted by Crippen LogP contribution is 2.57. The number of benzene rings is 7. The van der Waals surface area contributed by atoms with Gasteiger partial charge in [0.2, 0.25) is 0 Å². The molecule has 0 bridgehead atoms. The molecule has 1 heterocycles. The first-order valence-corrected chi connectivity index (χ1v) is 19.2. The maximum absolute atomic E-state index is 6.81. The Morgan fingerprint density at radius 1 is 0.415 bits per heavy atom. The molecule has 0 amide bonds. The third-order valence-electron chi connectivity index (χ3n) is 13.1. The first kappa shape index (κ1) is 31.2. The van der Waals surface area contributed by atoms with E-state index in [1.54, 1.807) is 0 Å². The number of hydrogen-bond acceptors (Lipinski definition) is 1. The van der Waals surface area contributed by atoms with Gasteiger partial charge in [-0.2, -0.15) is 0 Å². The maximum Gasteiger partial charge on any atom is 0.143 e. The molecule has 0 spiro atoms. The molecule has 256 valence electrons. The molecule has 0 radical (unpaired) electrons. The number of furan rings is 1. The Balaban J connectivity index is 1.05. The van der Waals surface area contributed by atoms with Crippen LogP contribution in [-0.4, -0.2) is 0 Å². The van der Waals surface area contributed by atoms with Crippen LogP contribution >= 0.6 is 11.6 Å². The van der Waals surface area contributed by atoms with Gasteiger partial charge >= 0.3 is 0 Å². The minimum Gasteiger partial charge on any atom is -0.455 e. The largest absolute Gasteiger partial charge is 0.455 e. The van der Waals surface area contributed by atoms with Crippen LogP contribution in [0.2, 0.25) is 5.02 Å². The van der Waals surface area contributed by atoms with E-state index in [2.05, 4.69) is 163 Å². The van der Waals surface area contributed by atoms with Gasteiger partial charge in [0.05, 0.1) is 0 Å². The molecule has 0 N–H and O–H groups in total. The summed E-state index contributed by atoms with van der Waals surface area (Å²) in [6.45, 7) is 14.1. The van der Waals surface area contributed by atoms with Crippen molar-refractivity contribution in [2.75, 3.05) is 0 Å². The Bertz CT molecular complexity index is 2930. The van der Waals surface area contributed by atoms with Crippen molar-refractivity contribution in [1.29, 1.82) is 0 Å². The second-order valence-corrected chi connectivity index (χ2v) is 17.5. The fourth-order valence-corrected chi connectivity index (χ4v) is 10.4. The lowest BCUT2D eigenvalue weighted by Crippen LogP contribution is -2.16. The summed E-state index contributed by atoms with van der Waals surface area (Å²) in [5.41, 5.74) is 22.3. The summed E-state index contributed by atoms with van der Waals surface area (Å²) in [4.78, 5) is 0. The summed E-state index contributed by atoms with van der Waals surface area (Å²) in [6, 6.07) is 47.4. The van der Waals surface area contributed by atoms with Crippen LogP contribution in [0.4, 0.5) is 0 Å². The van der Waals surface area contributed by atoms with Crippen molar-refractivity contribution in [2.24, 2.45) is 0 Å². The van der Waals surface area contributed by atoms with Crippen molar-refractivity contribution in [3.05, 3.63) is 166 Å². The van der Waals surface area contributed by atoms with Crippen LogP contribution in [0.3, 0.4) is 0 Å². The van der Waals surface area contributed by atoms with Gasteiger partial charge in [0.25, 0.3) is 0 Å². The van der Waals surface area contributed by atoms with Gasteiger partial charge in [0.15, 0.2) is 0 Å². The van der Waals surface area contributed by atoms with Crippen LogP contribution in [0, 0.1) is 0 Å². The maximum atomic E-state index is 6.81. The van der Waals surface area contributed by atoms with Crippen molar-refractivity contribution < 1.29 is 4.42 Å². The summed E-state index contributed by atoms with van der Waals surface area (Å²) >= 11 is 6.61. The van der Waals surface area contributed by atoms with E-state index in [9.17, 15) is 0 Å². The molecule has 53 heavy (non-hydrogen) atoms. The molecule has 0 aliphatic heterocycles. The normalized spacial score (nSPS) is 16.3. The van der Waals surface area contributed by atoms with Crippen molar-refractivity contribution in [3.63, 3.8) is 0 Å².